The van der Waals surface area contributed by atoms with Gasteiger partial charge in [-0.05, 0) is 50.3 Å². The standard InChI is InChI=1S/C17H17N3OS/c1-10-6-5-8-12(18-10)15-19-16(21)14-11-7-3-2-4-9-13(11)22-17(14)20-15/h5-6,8H,2-4,7,9H2,1H3,(H,19,20,21). The summed E-state index contributed by atoms with van der Waals surface area (Å²) in [6.07, 6.45) is 5.72. The summed E-state index contributed by atoms with van der Waals surface area (Å²) in [4.78, 5) is 26.9. The Bertz CT molecular complexity index is 910. The monoisotopic (exact) mass is 311 g/mol. The normalized spacial score (nSPS) is 14.8. The Morgan fingerprint density at radius 3 is 2.86 bits per heavy atom. The number of aromatic amines is 1. The Morgan fingerprint density at radius 1 is 1.14 bits per heavy atom. The number of fused-ring (bicyclic) bond motifs is 3. The quantitative estimate of drug-likeness (QED) is 0.698. The van der Waals surface area contributed by atoms with Crippen LogP contribution >= 0.6 is 11.3 Å². The van der Waals surface area contributed by atoms with Gasteiger partial charge in [-0.2, -0.15) is 4.98 Å². The first kappa shape index (κ1) is 13.6. The first-order valence-electron chi connectivity index (χ1n) is 7.71. The van der Waals surface area contributed by atoms with Crippen LogP contribution in [0.15, 0.2) is 23.0 Å². The fourth-order valence-corrected chi connectivity index (χ4v) is 4.43. The van der Waals surface area contributed by atoms with Gasteiger partial charge in [0.1, 0.15) is 10.5 Å². The fourth-order valence-electron chi connectivity index (χ4n) is 3.15. The molecule has 22 heavy (non-hydrogen) atoms. The molecule has 0 aliphatic heterocycles. The number of nitrogens with one attached hydrogen (secondary N) is 1. The minimum atomic E-state index is -0.119. The van der Waals surface area contributed by atoms with Gasteiger partial charge in [0, 0.05) is 10.6 Å². The van der Waals surface area contributed by atoms with E-state index in [1.165, 1.54) is 29.7 Å². The average molecular weight is 311 g/mol. The van der Waals surface area contributed by atoms with Crippen molar-refractivity contribution in [3.05, 3.63) is 44.7 Å². The number of aromatic nitrogens is 3. The smallest absolute Gasteiger partial charge is 0.282 e. The molecule has 0 saturated carbocycles. The van der Waals surface area contributed by atoms with Crippen LogP contribution in [0.4, 0.5) is 0 Å². The second kappa shape index (κ2) is 5.32. The number of pyridine rings is 1. The molecule has 0 amide bonds. The van der Waals surface area contributed by atoms with E-state index in [1.54, 1.807) is 11.3 Å². The van der Waals surface area contributed by atoms with Crippen LogP contribution in [0.5, 0.6) is 0 Å². The van der Waals surface area contributed by atoms with E-state index < -0.39 is 0 Å². The maximum absolute atomic E-state index is 12.6. The lowest BCUT2D eigenvalue weighted by Gasteiger charge is -2.02. The van der Waals surface area contributed by atoms with Crippen molar-refractivity contribution in [2.75, 3.05) is 0 Å². The molecule has 0 saturated heterocycles. The van der Waals surface area contributed by atoms with Crippen molar-refractivity contribution >= 4 is 21.6 Å². The fraction of sp³-hybridized carbons (Fsp3) is 0.353. The van der Waals surface area contributed by atoms with Crippen LogP contribution in [-0.4, -0.2) is 15.0 Å². The molecule has 1 N–H and O–H groups in total. The molecule has 0 radical (unpaired) electrons. The zero-order chi connectivity index (χ0) is 15.1. The number of H-pyrrole nitrogens is 1. The SMILES string of the molecule is Cc1cccc(-c2nc(=O)c3c4c(sc3[nH]2)CCCCC4)n1. The van der Waals surface area contributed by atoms with Crippen LogP contribution in [0.25, 0.3) is 21.7 Å². The van der Waals surface area contributed by atoms with Crippen molar-refractivity contribution in [3.63, 3.8) is 0 Å². The predicted octanol–water partition coefficient (Wildman–Crippen LogP) is 3.62. The van der Waals surface area contributed by atoms with Crippen LogP contribution in [0.1, 0.15) is 35.4 Å². The molecule has 3 heterocycles. The molecule has 4 rings (SSSR count). The molecule has 3 aromatic heterocycles. The maximum Gasteiger partial charge on any atom is 0.282 e. The Morgan fingerprint density at radius 2 is 2.00 bits per heavy atom. The molecule has 112 valence electrons. The average Bonchev–Trinajstić information content (AvgIpc) is 2.70. The predicted molar refractivity (Wildman–Crippen MR) is 89.5 cm³/mol. The first-order chi connectivity index (χ1) is 10.7. The lowest BCUT2D eigenvalue weighted by Crippen LogP contribution is -2.10. The third kappa shape index (κ3) is 2.25. The molecular weight excluding hydrogens is 294 g/mol. The summed E-state index contributed by atoms with van der Waals surface area (Å²) in [5.74, 6) is 0.567. The Kier molecular flexibility index (Phi) is 3.30. The summed E-state index contributed by atoms with van der Waals surface area (Å²) in [6, 6.07) is 5.76. The van der Waals surface area contributed by atoms with Crippen LogP contribution in [0, 0.1) is 6.92 Å². The Labute approximate surface area is 132 Å². The van der Waals surface area contributed by atoms with Gasteiger partial charge in [-0.25, -0.2) is 4.98 Å². The highest BCUT2D eigenvalue weighted by Crippen LogP contribution is 2.33. The number of hydrogen-bond acceptors (Lipinski definition) is 4. The van der Waals surface area contributed by atoms with Crippen molar-refractivity contribution in [2.45, 2.75) is 39.0 Å². The van der Waals surface area contributed by atoms with E-state index in [0.717, 1.165) is 34.4 Å². The molecule has 4 nitrogen and oxygen atoms in total. The number of nitrogens with zero attached hydrogens (tertiary/aromatic N) is 2. The van der Waals surface area contributed by atoms with Gasteiger partial charge in [0.05, 0.1) is 5.39 Å². The topological polar surface area (TPSA) is 58.6 Å². The van der Waals surface area contributed by atoms with Crippen molar-refractivity contribution < 1.29 is 0 Å². The first-order valence-corrected chi connectivity index (χ1v) is 8.52. The molecule has 5 heteroatoms. The molecule has 1 aliphatic rings. The molecule has 0 bridgehead atoms. The highest BCUT2D eigenvalue weighted by Gasteiger charge is 2.19. The molecule has 1 aliphatic carbocycles. The van der Waals surface area contributed by atoms with Crippen molar-refractivity contribution in [3.8, 4) is 11.5 Å². The van der Waals surface area contributed by atoms with E-state index >= 15 is 0 Å². The Balaban J connectivity index is 1.92. The van der Waals surface area contributed by atoms with Crippen molar-refractivity contribution in [1.82, 2.24) is 15.0 Å². The second-order valence-corrected chi connectivity index (χ2v) is 6.93. The Hall–Kier alpha value is -2.01. The van der Waals surface area contributed by atoms with Crippen LogP contribution in [0.2, 0.25) is 0 Å². The van der Waals surface area contributed by atoms with E-state index in [9.17, 15) is 4.79 Å². The summed E-state index contributed by atoms with van der Waals surface area (Å²) in [5, 5.41) is 0.804. The minimum Gasteiger partial charge on any atom is -0.329 e. The van der Waals surface area contributed by atoms with Crippen LogP contribution < -0.4 is 5.56 Å². The third-order valence-electron chi connectivity index (χ3n) is 4.21. The molecule has 0 aromatic carbocycles. The van der Waals surface area contributed by atoms with Gasteiger partial charge in [-0.15, -0.1) is 11.3 Å². The number of aryl methyl sites for hydroxylation is 3. The minimum absolute atomic E-state index is 0.119. The van der Waals surface area contributed by atoms with Gasteiger partial charge in [0.2, 0.25) is 0 Å². The maximum atomic E-state index is 12.6. The van der Waals surface area contributed by atoms with Gasteiger partial charge in [-0.1, -0.05) is 12.5 Å². The molecular formula is C17H17N3OS. The number of thiophene rings is 1. The van der Waals surface area contributed by atoms with Gasteiger partial charge < -0.3 is 4.98 Å². The van der Waals surface area contributed by atoms with E-state index in [2.05, 4.69) is 15.0 Å². The van der Waals surface area contributed by atoms with Gasteiger partial charge in [0.25, 0.3) is 5.56 Å². The van der Waals surface area contributed by atoms with E-state index in [0.29, 0.717) is 5.82 Å². The van der Waals surface area contributed by atoms with Crippen molar-refractivity contribution in [1.29, 1.82) is 0 Å². The summed E-state index contributed by atoms with van der Waals surface area (Å²) in [5.41, 5.74) is 2.76. The van der Waals surface area contributed by atoms with Gasteiger partial charge in [-0.3, -0.25) is 4.79 Å². The number of rotatable bonds is 1. The summed E-state index contributed by atoms with van der Waals surface area (Å²) in [6.45, 7) is 1.94. The van der Waals surface area contributed by atoms with Crippen molar-refractivity contribution in [2.24, 2.45) is 0 Å². The summed E-state index contributed by atoms with van der Waals surface area (Å²) in [7, 11) is 0. The van der Waals surface area contributed by atoms with Gasteiger partial charge >= 0.3 is 0 Å². The number of hydrogen-bond donors (Lipinski definition) is 1. The zero-order valence-electron chi connectivity index (χ0n) is 12.5. The van der Waals surface area contributed by atoms with E-state index in [1.807, 2.05) is 25.1 Å². The molecule has 0 spiro atoms. The summed E-state index contributed by atoms with van der Waals surface area (Å²) < 4.78 is 0. The molecule has 0 atom stereocenters. The summed E-state index contributed by atoms with van der Waals surface area (Å²) >= 11 is 1.72. The highest BCUT2D eigenvalue weighted by molar-refractivity contribution is 7.18. The van der Waals surface area contributed by atoms with Crippen LogP contribution in [-0.2, 0) is 12.8 Å². The van der Waals surface area contributed by atoms with E-state index in [-0.39, 0.29) is 5.56 Å². The zero-order valence-corrected chi connectivity index (χ0v) is 13.3. The third-order valence-corrected chi connectivity index (χ3v) is 5.42. The highest BCUT2D eigenvalue weighted by atomic mass is 32.1. The molecule has 0 unspecified atom stereocenters. The molecule has 0 fully saturated rings. The van der Waals surface area contributed by atoms with Crippen LogP contribution in [0.3, 0.4) is 0 Å². The lowest BCUT2D eigenvalue weighted by atomic mass is 10.1. The van der Waals surface area contributed by atoms with E-state index in [4.69, 9.17) is 0 Å². The largest absolute Gasteiger partial charge is 0.329 e. The second-order valence-electron chi connectivity index (χ2n) is 5.82. The molecule has 3 aromatic rings. The van der Waals surface area contributed by atoms with Gasteiger partial charge in [0.15, 0.2) is 5.82 Å². The lowest BCUT2D eigenvalue weighted by molar-refractivity contribution is 0.713.